The van der Waals surface area contributed by atoms with Gasteiger partial charge in [-0.3, -0.25) is 0 Å². The van der Waals surface area contributed by atoms with E-state index < -0.39 is 0 Å². The van der Waals surface area contributed by atoms with Crippen LogP contribution >= 0.6 is 0 Å². The molecule has 1 heterocycles. The Morgan fingerprint density at radius 1 is 1.36 bits per heavy atom. The summed E-state index contributed by atoms with van der Waals surface area (Å²) in [5, 5.41) is 3.38. The van der Waals surface area contributed by atoms with Crippen molar-refractivity contribution in [1.29, 1.82) is 0 Å². The molecule has 0 saturated carbocycles. The highest BCUT2D eigenvalue weighted by Gasteiger charge is 2.20. The molecule has 1 N–H and O–H groups in total. The molecule has 0 aromatic heterocycles. The molecule has 2 heteroatoms. The van der Waals surface area contributed by atoms with Crippen molar-refractivity contribution in [2.24, 2.45) is 0 Å². The van der Waals surface area contributed by atoms with Crippen molar-refractivity contribution in [3.05, 3.63) is 35.9 Å². The minimum atomic E-state index is 0.394. The summed E-state index contributed by atoms with van der Waals surface area (Å²) in [4.78, 5) is 0. The van der Waals surface area contributed by atoms with Gasteiger partial charge in [0.25, 0.3) is 0 Å². The van der Waals surface area contributed by atoms with Crippen LogP contribution in [0.3, 0.4) is 0 Å². The summed E-state index contributed by atoms with van der Waals surface area (Å²) in [7, 11) is 0. The molecule has 0 aliphatic carbocycles. The molecule has 1 fully saturated rings. The standard InChI is InChI=1S/C12H17NO/c1-10-7-12(8-13-10)14-9-11-5-3-2-4-6-11/h2-6,10,12-13H,7-9H2,1H3/t10-,12+/m1/s1. The van der Waals surface area contributed by atoms with Gasteiger partial charge in [0.05, 0.1) is 12.7 Å². The first kappa shape index (κ1) is 9.69. The SMILES string of the molecule is C[C@@H]1C[C@H](OCc2ccccc2)CN1. The summed E-state index contributed by atoms with van der Waals surface area (Å²) in [5.74, 6) is 0. The lowest BCUT2D eigenvalue weighted by Gasteiger charge is -2.10. The molecular weight excluding hydrogens is 174 g/mol. The first-order chi connectivity index (χ1) is 6.84. The van der Waals surface area contributed by atoms with Gasteiger partial charge in [-0.05, 0) is 18.9 Å². The average molecular weight is 191 g/mol. The molecule has 0 radical (unpaired) electrons. The molecule has 14 heavy (non-hydrogen) atoms. The normalized spacial score (nSPS) is 26.6. The molecule has 1 aromatic carbocycles. The van der Waals surface area contributed by atoms with Crippen LogP contribution in [0.1, 0.15) is 18.9 Å². The second-order valence-electron chi connectivity index (χ2n) is 3.96. The maximum absolute atomic E-state index is 5.80. The molecule has 0 unspecified atom stereocenters. The Morgan fingerprint density at radius 3 is 2.79 bits per heavy atom. The first-order valence-corrected chi connectivity index (χ1v) is 5.23. The molecule has 2 nitrogen and oxygen atoms in total. The maximum Gasteiger partial charge on any atom is 0.0721 e. The van der Waals surface area contributed by atoms with Crippen LogP contribution in [-0.2, 0) is 11.3 Å². The largest absolute Gasteiger partial charge is 0.372 e. The zero-order chi connectivity index (χ0) is 9.80. The second kappa shape index (κ2) is 4.58. The van der Waals surface area contributed by atoms with Crippen LogP contribution in [0.2, 0.25) is 0 Å². The summed E-state index contributed by atoms with van der Waals surface area (Å²) in [6.07, 6.45) is 1.53. The van der Waals surface area contributed by atoms with Gasteiger partial charge in [-0.15, -0.1) is 0 Å². The fourth-order valence-electron chi connectivity index (χ4n) is 1.81. The van der Waals surface area contributed by atoms with E-state index in [2.05, 4.69) is 24.4 Å². The number of rotatable bonds is 3. The molecule has 1 aliphatic heterocycles. The van der Waals surface area contributed by atoms with E-state index in [-0.39, 0.29) is 0 Å². The number of benzene rings is 1. The highest BCUT2D eigenvalue weighted by molar-refractivity contribution is 5.13. The Bertz CT molecular complexity index is 273. The summed E-state index contributed by atoms with van der Waals surface area (Å²) in [6.45, 7) is 3.93. The van der Waals surface area contributed by atoms with E-state index in [0.29, 0.717) is 12.1 Å². The van der Waals surface area contributed by atoms with Gasteiger partial charge in [-0.25, -0.2) is 0 Å². The molecule has 1 aromatic rings. The summed E-state index contributed by atoms with van der Waals surface area (Å²) >= 11 is 0. The fraction of sp³-hybridized carbons (Fsp3) is 0.500. The number of nitrogens with one attached hydrogen (secondary N) is 1. The van der Waals surface area contributed by atoms with Crippen LogP contribution in [0.25, 0.3) is 0 Å². The Morgan fingerprint density at radius 2 is 2.14 bits per heavy atom. The minimum Gasteiger partial charge on any atom is -0.372 e. The minimum absolute atomic E-state index is 0.394. The Kier molecular flexibility index (Phi) is 3.17. The predicted octanol–water partition coefficient (Wildman–Crippen LogP) is 1.95. The number of hydrogen-bond acceptors (Lipinski definition) is 2. The molecule has 0 amide bonds. The molecule has 2 rings (SSSR count). The highest BCUT2D eigenvalue weighted by atomic mass is 16.5. The Hall–Kier alpha value is -0.860. The zero-order valence-electron chi connectivity index (χ0n) is 8.57. The van der Waals surface area contributed by atoms with E-state index in [4.69, 9.17) is 4.74 Å². The maximum atomic E-state index is 5.80. The summed E-state index contributed by atoms with van der Waals surface area (Å²) < 4.78 is 5.80. The van der Waals surface area contributed by atoms with Gasteiger partial charge in [0.1, 0.15) is 0 Å². The summed E-state index contributed by atoms with van der Waals surface area (Å²) in [5.41, 5.74) is 1.26. The van der Waals surface area contributed by atoms with Crippen LogP contribution in [0.15, 0.2) is 30.3 Å². The fourth-order valence-corrected chi connectivity index (χ4v) is 1.81. The lowest BCUT2D eigenvalue weighted by atomic mass is 10.2. The second-order valence-corrected chi connectivity index (χ2v) is 3.96. The molecule has 76 valence electrons. The van der Waals surface area contributed by atoms with Crippen LogP contribution < -0.4 is 5.32 Å². The third-order valence-corrected chi connectivity index (χ3v) is 2.64. The molecule has 1 saturated heterocycles. The lowest BCUT2D eigenvalue weighted by molar-refractivity contribution is 0.0529. The van der Waals surface area contributed by atoms with Crippen molar-refractivity contribution in [1.82, 2.24) is 5.32 Å². The van der Waals surface area contributed by atoms with Gasteiger partial charge >= 0.3 is 0 Å². The van der Waals surface area contributed by atoms with Gasteiger partial charge in [0, 0.05) is 12.6 Å². The van der Waals surface area contributed by atoms with Gasteiger partial charge in [0.15, 0.2) is 0 Å². The van der Waals surface area contributed by atoms with E-state index in [9.17, 15) is 0 Å². The molecule has 1 aliphatic rings. The smallest absolute Gasteiger partial charge is 0.0721 e. The molecule has 0 bridgehead atoms. The van der Waals surface area contributed by atoms with Crippen LogP contribution in [0.4, 0.5) is 0 Å². The van der Waals surface area contributed by atoms with Gasteiger partial charge in [-0.2, -0.15) is 0 Å². The predicted molar refractivity (Wildman–Crippen MR) is 57.1 cm³/mol. The van der Waals surface area contributed by atoms with Crippen LogP contribution in [0, 0.1) is 0 Å². The Balaban J connectivity index is 1.78. The average Bonchev–Trinajstić information content (AvgIpc) is 2.63. The van der Waals surface area contributed by atoms with Gasteiger partial charge in [-0.1, -0.05) is 30.3 Å². The van der Waals surface area contributed by atoms with Crippen molar-refractivity contribution < 1.29 is 4.74 Å². The summed E-state index contributed by atoms with van der Waals surface area (Å²) in [6, 6.07) is 10.9. The topological polar surface area (TPSA) is 21.3 Å². The van der Waals surface area contributed by atoms with E-state index in [0.717, 1.165) is 19.6 Å². The van der Waals surface area contributed by atoms with E-state index in [1.54, 1.807) is 0 Å². The number of hydrogen-bond donors (Lipinski definition) is 1. The van der Waals surface area contributed by atoms with Crippen LogP contribution in [-0.4, -0.2) is 18.7 Å². The number of ether oxygens (including phenoxy) is 1. The van der Waals surface area contributed by atoms with Crippen molar-refractivity contribution in [3.8, 4) is 0 Å². The van der Waals surface area contributed by atoms with Crippen molar-refractivity contribution in [2.75, 3.05) is 6.54 Å². The molecule has 2 atom stereocenters. The van der Waals surface area contributed by atoms with Crippen molar-refractivity contribution >= 4 is 0 Å². The molecule has 0 spiro atoms. The van der Waals surface area contributed by atoms with Crippen LogP contribution in [0.5, 0.6) is 0 Å². The van der Waals surface area contributed by atoms with E-state index in [1.807, 2.05) is 18.2 Å². The Labute approximate surface area is 85.3 Å². The monoisotopic (exact) mass is 191 g/mol. The highest BCUT2D eigenvalue weighted by Crippen LogP contribution is 2.12. The third kappa shape index (κ3) is 2.56. The third-order valence-electron chi connectivity index (χ3n) is 2.64. The van der Waals surface area contributed by atoms with E-state index >= 15 is 0 Å². The quantitative estimate of drug-likeness (QED) is 0.788. The lowest BCUT2D eigenvalue weighted by Crippen LogP contribution is -2.18. The van der Waals surface area contributed by atoms with Gasteiger partial charge in [0.2, 0.25) is 0 Å². The van der Waals surface area contributed by atoms with E-state index in [1.165, 1.54) is 5.56 Å². The molecular formula is C12H17NO. The zero-order valence-corrected chi connectivity index (χ0v) is 8.57. The first-order valence-electron chi connectivity index (χ1n) is 5.23. The van der Waals surface area contributed by atoms with Crippen molar-refractivity contribution in [2.45, 2.75) is 32.1 Å². The van der Waals surface area contributed by atoms with Crippen molar-refractivity contribution in [3.63, 3.8) is 0 Å². The van der Waals surface area contributed by atoms with Gasteiger partial charge < -0.3 is 10.1 Å².